The molecule has 2 rings (SSSR count). The highest BCUT2D eigenvalue weighted by Crippen LogP contribution is 2.11. The van der Waals surface area contributed by atoms with Gasteiger partial charge >= 0.3 is 0 Å². The van der Waals surface area contributed by atoms with Crippen molar-refractivity contribution in [3.63, 3.8) is 0 Å². The van der Waals surface area contributed by atoms with Crippen molar-refractivity contribution >= 4 is 17.5 Å². The molecule has 0 spiro atoms. The monoisotopic (exact) mass is 343 g/mol. The second-order valence-corrected chi connectivity index (χ2v) is 5.07. The van der Waals surface area contributed by atoms with Crippen LogP contribution >= 0.6 is 0 Å². The Morgan fingerprint density at radius 1 is 1.00 bits per heavy atom. The SMILES string of the molecule is O=C(CCCOc1ccccc1)NNC(=O)c1ccc([N+](=O)[O-])cc1. The first-order valence-electron chi connectivity index (χ1n) is 7.58. The van der Waals surface area contributed by atoms with Crippen LogP contribution in [0, 0.1) is 10.1 Å². The standard InChI is InChI=1S/C17H17N3O5/c21-16(7-4-12-25-15-5-2-1-3-6-15)18-19-17(22)13-8-10-14(11-9-13)20(23)24/h1-3,5-6,8-11H,4,7,12H2,(H,18,21)(H,19,22). The van der Waals surface area contributed by atoms with Crippen LogP contribution in [0.1, 0.15) is 23.2 Å². The van der Waals surface area contributed by atoms with Gasteiger partial charge < -0.3 is 4.74 Å². The summed E-state index contributed by atoms with van der Waals surface area (Å²) < 4.78 is 5.46. The number of carbonyl (C=O) groups excluding carboxylic acids is 2. The van der Waals surface area contributed by atoms with E-state index in [0.29, 0.717) is 13.0 Å². The number of hydrogen-bond acceptors (Lipinski definition) is 5. The zero-order valence-electron chi connectivity index (χ0n) is 13.3. The van der Waals surface area contributed by atoms with Crippen molar-refractivity contribution < 1.29 is 19.2 Å². The number of amides is 2. The van der Waals surface area contributed by atoms with Crippen LogP contribution in [0.2, 0.25) is 0 Å². The molecule has 0 unspecified atom stereocenters. The van der Waals surface area contributed by atoms with Gasteiger partial charge in [0.2, 0.25) is 5.91 Å². The van der Waals surface area contributed by atoms with Gasteiger partial charge in [0.05, 0.1) is 11.5 Å². The lowest BCUT2D eigenvalue weighted by Gasteiger charge is -2.08. The number of carbonyl (C=O) groups is 2. The van der Waals surface area contributed by atoms with Crippen LogP contribution in [-0.2, 0) is 4.79 Å². The lowest BCUT2D eigenvalue weighted by atomic mass is 10.2. The zero-order valence-corrected chi connectivity index (χ0v) is 13.3. The second-order valence-electron chi connectivity index (χ2n) is 5.07. The van der Waals surface area contributed by atoms with Crippen LogP contribution in [0.5, 0.6) is 5.75 Å². The smallest absolute Gasteiger partial charge is 0.269 e. The molecule has 0 saturated heterocycles. The van der Waals surface area contributed by atoms with E-state index in [0.717, 1.165) is 5.75 Å². The highest BCUT2D eigenvalue weighted by atomic mass is 16.6. The Morgan fingerprint density at radius 2 is 1.68 bits per heavy atom. The van der Waals surface area contributed by atoms with Crippen molar-refractivity contribution in [1.82, 2.24) is 10.9 Å². The minimum atomic E-state index is -0.555. The number of para-hydroxylation sites is 1. The van der Waals surface area contributed by atoms with Gasteiger partial charge in [-0.1, -0.05) is 18.2 Å². The predicted molar refractivity (Wildman–Crippen MR) is 89.9 cm³/mol. The van der Waals surface area contributed by atoms with Crippen LogP contribution < -0.4 is 15.6 Å². The first kappa shape index (κ1) is 17.9. The van der Waals surface area contributed by atoms with Gasteiger partial charge in [-0.2, -0.15) is 0 Å². The van der Waals surface area contributed by atoms with Gasteiger partial charge in [0.25, 0.3) is 11.6 Å². The molecule has 2 aromatic rings. The largest absolute Gasteiger partial charge is 0.494 e. The molecule has 0 aromatic heterocycles. The highest BCUT2D eigenvalue weighted by molar-refractivity contribution is 5.95. The fourth-order valence-corrected chi connectivity index (χ4v) is 1.94. The molecule has 0 bridgehead atoms. The summed E-state index contributed by atoms with van der Waals surface area (Å²) in [7, 11) is 0. The third kappa shape index (κ3) is 5.94. The van der Waals surface area contributed by atoms with Crippen LogP contribution in [0.3, 0.4) is 0 Å². The van der Waals surface area contributed by atoms with Crippen molar-refractivity contribution in [2.24, 2.45) is 0 Å². The van der Waals surface area contributed by atoms with Crippen LogP contribution in [0.15, 0.2) is 54.6 Å². The Bertz CT molecular complexity index is 732. The van der Waals surface area contributed by atoms with E-state index in [4.69, 9.17) is 4.74 Å². The number of ether oxygens (including phenoxy) is 1. The minimum Gasteiger partial charge on any atom is -0.494 e. The maximum atomic E-state index is 11.8. The molecule has 8 heteroatoms. The molecule has 2 aromatic carbocycles. The number of nitro benzene ring substituents is 1. The number of rotatable bonds is 7. The maximum Gasteiger partial charge on any atom is 0.269 e. The maximum absolute atomic E-state index is 11.8. The van der Waals surface area contributed by atoms with Gasteiger partial charge in [0, 0.05) is 24.1 Å². The third-order valence-corrected chi connectivity index (χ3v) is 3.22. The number of hydrogen-bond donors (Lipinski definition) is 2. The molecule has 0 aliphatic heterocycles. The highest BCUT2D eigenvalue weighted by Gasteiger charge is 2.10. The lowest BCUT2D eigenvalue weighted by Crippen LogP contribution is -2.41. The minimum absolute atomic E-state index is 0.112. The van der Waals surface area contributed by atoms with Crippen LogP contribution in [0.25, 0.3) is 0 Å². The van der Waals surface area contributed by atoms with Gasteiger partial charge in [-0.15, -0.1) is 0 Å². The molecule has 0 saturated carbocycles. The average Bonchev–Trinajstić information content (AvgIpc) is 2.64. The Balaban J connectivity index is 1.67. The third-order valence-electron chi connectivity index (χ3n) is 3.22. The Labute approximate surface area is 143 Å². The Kier molecular flexibility index (Phi) is 6.47. The fourth-order valence-electron chi connectivity index (χ4n) is 1.94. The van der Waals surface area contributed by atoms with Crippen molar-refractivity contribution in [2.75, 3.05) is 6.61 Å². The van der Waals surface area contributed by atoms with E-state index in [1.807, 2.05) is 30.3 Å². The molecule has 2 N–H and O–H groups in total. The van der Waals surface area contributed by atoms with E-state index in [-0.39, 0.29) is 23.6 Å². The molecule has 0 aliphatic carbocycles. The van der Waals surface area contributed by atoms with E-state index < -0.39 is 10.8 Å². The van der Waals surface area contributed by atoms with E-state index in [9.17, 15) is 19.7 Å². The lowest BCUT2D eigenvalue weighted by molar-refractivity contribution is -0.384. The predicted octanol–water partition coefficient (Wildman–Crippen LogP) is 2.21. The summed E-state index contributed by atoms with van der Waals surface area (Å²) in [6, 6.07) is 14.3. The number of nitrogens with zero attached hydrogens (tertiary/aromatic N) is 1. The van der Waals surface area contributed by atoms with Crippen LogP contribution in [-0.4, -0.2) is 23.3 Å². The summed E-state index contributed by atoms with van der Waals surface area (Å²) in [6.45, 7) is 0.383. The van der Waals surface area contributed by atoms with Crippen molar-refractivity contribution in [3.05, 3.63) is 70.3 Å². The molecule has 0 heterocycles. The van der Waals surface area contributed by atoms with Gasteiger partial charge in [0.1, 0.15) is 5.75 Å². The average molecular weight is 343 g/mol. The van der Waals surface area contributed by atoms with Crippen LogP contribution in [0.4, 0.5) is 5.69 Å². The van der Waals surface area contributed by atoms with Crippen molar-refractivity contribution in [3.8, 4) is 5.75 Å². The van der Waals surface area contributed by atoms with Gasteiger partial charge in [-0.25, -0.2) is 0 Å². The molecule has 8 nitrogen and oxygen atoms in total. The topological polar surface area (TPSA) is 111 Å². The van der Waals surface area contributed by atoms with E-state index in [1.54, 1.807) is 0 Å². The van der Waals surface area contributed by atoms with E-state index in [2.05, 4.69) is 10.9 Å². The molecule has 0 atom stereocenters. The molecule has 2 amide bonds. The summed E-state index contributed by atoms with van der Waals surface area (Å²) in [5.41, 5.74) is 4.64. The van der Waals surface area contributed by atoms with E-state index in [1.165, 1.54) is 24.3 Å². The van der Waals surface area contributed by atoms with E-state index >= 15 is 0 Å². The molecular weight excluding hydrogens is 326 g/mol. The Morgan fingerprint density at radius 3 is 2.32 bits per heavy atom. The number of nitro groups is 1. The Hall–Kier alpha value is -3.42. The molecule has 0 radical (unpaired) electrons. The summed E-state index contributed by atoms with van der Waals surface area (Å²) >= 11 is 0. The van der Waals surface area contributed by atoms with Gasteiger partial charge in [-0.3, -0.25) is 30.6 Å². The first-order valence-corrected chi connectivity index (χ1v) is 7.58. The summed E-state index contributed by atoms with van der Waals surface area (Å²) in [6.07, 6.45) is 0.682. The number of benzene rings is 2. The molecule has 25 heavy (non-hydrogen) atoms. The molecule has 130 valence electrons. The quantitative estimate of drug-likeness (QED) is 0.455. The molecular formula is C17H17N3O5. The fraction of sp³-hybridized carbons (Fsp3) is 0.176. The van der Waals surface area contributed by atoms with Gasteiger partial charge in [0.15, 0.2) is 0 Å². The normalized spacial score (nSPS) is 9.92. The molecule has 0 fully saturated rings. The van der Waals surface area contributed by atoms with Crippen molar-refractivity contribution in [1.29, 1.82) is 0 Å². The summed E-state index contributed by atoms with van der Waals surface area (Å²) in [5.74, 6) is -0.176. The number of hydrazine groups is 1. The summed E-state index contributed by atoms with van der Waals surface area (Å²) in [5, 5.41) is 10.6. The van der Waals surface area contributed by atoms with Gasteiger partial charge in [-0.05, 0) is 30.7 Å². The number of nitrogens with one attached hydrogen (secondary N) is 2. The first-order chi connectivity index (χ1) is 12.1. The molecule has 0 aliphatic rings. The summed E-state index contributed by atoms with van der Waals surface area (Å²) in [4.78, 5) is 33.5. The number of non-ortho nitro benzene ring substituents is 1. The zero-order chi connectivity index (χ0) is 18.1. The second kappa shape index (κ2) is 9.02. The van der Waals surface area contributed by atoms with Crippen molar-refractivity contribution in [2.45, 2.75) is 12.8 Å².